The number of pyridine rings is 1. The molecule has 0 unspecified atom stereocenters. The van der Waals surface area contributed by atoms with Gasteiger partial charge in [0.15, 0.2) is 18.9 Å². The first-order chi connectivity index (χ1) is 8.16. The van der Waals surface area contributed by atoms with Gasteiger partial charge in [0.25, 0.3) is 0 Å². The van der Waals surface area contributed by atoms with Crippen LogP contribution >= 0.6 is 11.6 Å². The maximum absolute atomic E-state index is 10.8. The third-order valence-electron chi connectivity index (χ3n) is 2.42. The van der Waals surface area contributed by atoms with Crippen LogP contribution in [0.2, 0.25) is 5.02 Å². The summed E-state index contributed by atoms with van der Waals surface area (Å²) in [6.07, 6.45) is 3.40. The average Bonchev–Trinajstić information content (AvgIpc) is 2.32. The predicted molar refractivity (Wildman–Crippen MR) is 64.2 cm³/mol. The lowest BCUT2D eigenvalue weighted by Gasteiger charge is -2.00. The third kappa shape index (κ3) is 3.55. The van der Waals surface area contributed by atoms with Crippen molar-refractivity contribution in [2.24, 2.45) is 0 Å². The van der Waals surface area contributed by atoms with Gasteiger partial charge in [-0.2, -0.15) is 4.57 Å². The molecule has 0 aliphatic heterocycles. The number of carbonyl (C=O) groups is 1. The van der Waals surface area contributed by atoms with E-state index in [1.165, 1.54) is 0 Å². The van der Waals surface area contributed by atoms with E-state index in [1.807, 2.05) is 30.5 Å². The Hall–Kier alpha value is -1.39. The molecule has 3 nitrogen and oxygen atoms in total. The van der Waals surface area contributed by atoms with Crippen molar-refractivity contribution in [1.82, 2.24) is 0 Å². The van der Waals surface area contributed by atoms with E-state index in [4.69, 9.17) is 16.7 Å². The van der Waals surface area contributed by atoms with E-state index in [0.29, 0.717) is 11.6 Å². The minimum absolute atomic E-state index is 0. The molecule has 0 fully saturated rings. The molecule has 0 saturated carbocycles. The maximum atomic E-state index is 10.8. The molecule has 0 atom stereocenters. The topological polar surface area (TPSA) is 41.2 Å². The number of aromatic carboxylic acids is 1. The number of carboxylic acid groups (broad SMARTS) is 1. The van der Waals surface area contributed by atoms with Gasteiger partial charge in [-0.3, -0.25) is 0 Å². The Bertz CT molecular complexity index is 560. The number of carboxylic acids is 1. The first-order valence-electron chi connectivity index (χ1n) is 5.12. The van der Waals surface area contributed by atoms with E-state index >= 15 is 0 Å². The number of aromatic nitrogens is 1. The summed E-state index contributed by atoms with van der Waals surface area (Å²) in [6, 6.07) is 10.8. The molecular weight excluding hydrogens is 318 g/mol. The largest absolute Gasteiger partial charge is 1.00 e. The summed E-state index contributed by atoms with van der Waals surface area (Å²) >= 11 is 6.05. The molecular formula is C13H11BrClNO2. The minimum Gasteiger partial charge on any atom is -1.00 e. The molecule has 0 spiro atoms. The molecule has 0 aliphatic rings. The van der Waals surface area contributed by atoms with E-state index in [-0.39, 0.29) is 22.5 Å². The SMILES string of the molecule is O=C(O)c1ccc[n+](Cc2ccccc2Cl)c1.[Br-]. The van der Waals surface area contributed by atoms with Gasteiger partial charge in [0, 0.05) is 11.6 Å². The quantitative estimate of drug-likeness (QED) is 0.763. The molecule has 0 saturated heterocycles. The van der Waals surface area contributed by atoms with Crippen molar-refractivity contribution in [3.63, 3.8) is 0 Å². The zero-order chi connectivity index (χ0) is 12.3. The second kappa shape index (κ2) is 6.52. The molecule has 1 aromatic heterocycles. The van der Waals surface area contributed by atoms with Gasteiger partial charge >= 0.3 is 5.97 Å². The van der Waals surface area contributed by atoms with Crippen LogP contribution in [0.4, 0.5) is 0 Å². The highest BCUT2D eigenvalue weighted by Crippen LogP contribution is 2.14. The van der Waals surface area contributed by atoms with E-state index in [2.05, 4.69) is 0 Å². The van der Waals surface area contributed by atoms with Crippen molar-refractivity contribution < 1.29 is 31.4 Å². The van der Waals surface area contributed by atoms with Gasteiger partial charge in [-0.15, -0.1) is 0 Å². The number of hydrogen-bond donors (Lipinski definition) is 1. The van der Waals surface area contributed by atoms with Crippen LogP contribution in [0.5, 0.6) is 0 Å². The lowest BCUT2D eigenvalue weighted by Crippen LogP contribution is -3.00. The van der Waals surface area contributed by atoms with Gasteiger partial charge in [-0.05, 0) is 12.1 Å². The van der Waals surface area contributed by atoms with Crippen molar-refractivity contribution in [3.05, 3.63) is 64.9 Å². The Kier molecular flexibility index (Phi) is 5.31. The third-order valence-corrected chi connectivity index (χ3v) is 2.78. The number of halogens is 2. The molecule has 2 rings (SSSR count). The highest BCUT2D eigenvalue weighted by atomic mass is 79.9. The summed E-state index contributed by atoms with van der Waals surface area (Å²) in [4.78, 5) is 10.8. The number of nitrogens with zero attached hydrogens (tertiary/aromatic N) is 1. The van der Waals surface area contributed by atoms with Gasteiger partial charge in [0.05, 0.1) is 5.02 Å². The molecule has 0 radical (unpaired) electrons. The fourth-order valence-corrected chi connectivity index (χ4v) is 1.77. The Morgan fingerprint density at radius 1 is 1.22 bits per heavy atom. The van der Waals surface area contributed by atoms with E-state index in [0.717, 1.165) is 5.56 Å². The van der Waals surface area contributed by atoms with Crippen molar-refractivity contribution >= 4 is 17.6 Å². The van der Waals surface area contributed by atoms with Crippen molar-refractivity contribution in [2.75, 3.05) is 0 Å². The average molecular weight is 329 g/mol. The molecule has 2 aromatic rings. The Balaban J connectivity index is 0.00000162. The van der Waals surface area contributed by atoms with Crippen LogP contribution in [0.1, 0.15) is 15.9 Å². The second-order valence-electron chi connectivity index (χ2n) is 3.66. The maximum Gasteiger partial charge on any atom is 0.341 e. The van der Waals surface area contributed by atoms with Crippen LogP contribution in [0.3, 0.4) is 0 Å². The monoisotopic (exact) mass is 327 g/mol. The molecule has 1 aromatic carbocycles. The van der Waals surface area contributed by atoms with Crippen LogP contribution in [0.15, 0.2) is 48.8 Å². The summed E-state index contributed by atoms with van der Waals surface area (Å²) in [5, 5.41) is 9.57. The molecule has 94 valence electrons. The zero-order valence-corrected chi connectivity index (χ0v) is 11.7. The summed E-state index contributed by atoms with van der Waals surface area (Å²) in [7, 11) is 0. The van der Waals surface area contributed by atoms with Crippen molar-refractivity contribution in [2.45, 2.75) is 6.54 Å². The fourth-order valence-electron chi connectivity index (χ4n) is 1.57. The minimum atomic E-state index is -0.932. The highest BCUT2D eigenvalue weighted by molar-refractivity contribution is 6.31. The van der Waals surface area contributed by atoms with Gasteiger partial charge in [0.2, 0.25) is 0 Å². The summed E-state index contributed by atoms with van der Waals surface area (Å²) in [5.41, 5.74) is 1.22. The molecule has 1 N–H and O–H groups in total. The van der Waals surface area contributed by atoms with Crippen LogP contribution in [0, 0.1) is 0 Å². The first kappa shape index (κ1) is 14.7. The summed E-state index contributed by atoms with van der Waals surface area (Å²) in [6.45, 7) is 0.556. The number of rotatable bonds is 3. The van der Waals surface area contributed by atoms with Gasteiger partial charge in [-0.25, -0.2) is 4.79 Å². The van der Waals surface area contributed by atoms with Crippen LogP contribution < -0.4 is 21.5 Å². The number of hydrogen-bond acceptors (Lipinski definition) is 1. The smallest absolute Gasteiger partial charge is 0.341 e. The molecule has 18 heavy (non-hydrogen) atoms. The van der Waals surface area contributed by atoms with E-state index < -0.39 is 5.97 Å². The Morgan fingerprint density at radius 3 is 2.61 bits per heavy atom. The van der Waals surface area contributed by atoms with E-state index in [1.54, 1.807) is 22.9 Å². The van der Waals surface area contributed by atoms with Crippen LogP contribution in [-0.2, 0) is 6.54 Å². The standard InChI is InChI=1S/C13H10ClNO2.BrH/c14-12-6-2-1-4-10(12)8-15-7-3-5-11(9-15)13(16)17;/h1-7,9H,8H2;1H. The van der Waals surface area contributed by atoms with Crippen molar-refractivity contribution in [1.29, 1.82) is 0 Å². The lowest BCUT2D eigenvalue weighted by atomic mass is 10.2. The molecule has 5 heteroatoms. The lowest BCUT2D eigenvalue weighted by molar-refractivity contribution is -0.688. The van der Waals surface area contributed by atoms with Gasteiger partial charge in [0.1, 0.15) is 5.56 Å². The van der Waals surface area contributed by atoms with Crippen LogP contribution in [0.25, 0.3) is 0 Å². The molecule has 0 amide bonds. The van der Waals surface area contributed by atoms with Gasteiger partial charge in [-0.1, -0.05) is 29.8 Å². The molecule has 0 aliphatic carbocycles. The molecule has 0 bridgehead atoms. The van der Waals surface area contributed by atoms with Gasteiger partial charge < -0.3 is 22.1 Å². The fraction of sp³-hybridized carbons (Fsp3) is 0.0769. The predicted octanol–water partition coefficient (Wildman–Crippen LogP) is -0.622. The number of benzene rings is 1. The Morgan fingerprint density at radius 2 is 1.94 bits per heavy atom. The summed E-state index contributed by atoms with van der Waals surface area (Å²) < 4.78 is 1.80. The normalized spacial score (nSPS) is 9.61. The molecule has 1 heterocycles. The zero-order valence-electron chi connectivity index (χ0n) is 9.38. The second-order valence-corrected chi connectivity index (χ2v) is 4.07. The van der Waals surface area contributed by atoms with E-state index in [9.17, 15) is 4.79 Å². The Labute approximate surface area is 120 Å². The highest BCUT2D eigenvalue weighted by Gasteiger charge is 2.10. The van der Waals surface area contributed by atoms with Crippen molar-refractivity contribution in [3.8, 4) is 0 Å². The van der Waals surface area contributed by atoms with Crippen LogP contribution in [-0.4, -0.2) is 11.1 Å². The summed E-state index contributed by atoms with van der Waals surface area (Å²) in [5.74, 6) is -0.932. The first-order valence-corrected chi connectivity index (χ1v) is 5.50.